The van der Waals surface area contributed by atoms with E-state index in [0.29, 0.717) is 6.42 Å². The highest BCUT2D eigenvalue weighted by molar-refractivity contribution is 7.80. The SMILES string of the molecule is CCCCCCCCCCCCOS(=O)(=O)O.Nc1ccccc1. The summed E-state index contributed by atoms with van der Waals surface area (Å²) in [6, 6.07) is 9.49. The highest BCUT2D eigenvalue weighted by Crippen LogP contribution is 2.10. The van der Waals surface area contributed by atoms with Crippen LogP contribution in [0.3, 0.4) is 0 Å². The zero-order valence-electron chi connectivity index (χ0n) is 14.8. The molecule has 5 nitrogen and oxygen atoms in total. The molecule has 0 amide bonds. The number of nitrogens with two attached hydrogens (primary N) is 1. The molecule has 0 aliphatic heterocycles. The molecular formula is C18H33NO4S. The topological polar surface area (TPSA) is 89.6 Å². The lowest BCUT2D eigenvalue weighted by atomic mass is 10.1. The van der Waals surface area contributed by atoms with Gasteiger partial charge in [0.15, 0.2) is 0 Å². The van der Waals surface area contributed by atoms with E-state index in [-0.39, 0.29) is 6.61 Å². The average molecular weight is 360 g/mol. The van der Waals surface area contributed by atoms with Gasteiger partial charge in [0, 0.05) is 5.69 Å². The Morgan fingerprint density at radius 1 is 0.875 bits per heavy atom. The van der Waals surface area contributed by atoms with E-state index in [2.05, 4.69) is 11.1 Å². The Labute approximate surface area is 147 Å². The molecule has 0 aliphatic carbocycles. The van der Waals surface area contributed by atoms with Crippen molar-refractivity contribution in [3.63, 3.8) is 0 Å². The zero-order valence-corrected chi connectivity index (χ0v) is 15.6. The first kappa shape index (κ1) is 22.9. The second-order valence-corrected chi connectivity index (χ2v) is 6.93. The minimum absolute atomic E-state index is 0.0926. The van der Waals surface area contributed by atoms with E-state index in [1.807, 2.05) is 30.3 Å². The van der Waals surface area contributed by atoms with Crippen molar-refractivity contribution in [2.45, 2.75) is 71.1 Å². The normalized spacial score (nSPS) is 10.9. The van der Waals surface area contributed by atoms with E-state index in [1.165, 1.54) is 44.9 Å². The lowest BCUT2D eigenvalue weighted by molar-refractivity contribution is 0.261. The first-order valence-corrected chi connectivity index (χ1v) is 10.2. The van der Waals surface area contributed by atoms with Crippen LogP contribution in [0.2, 0.25) is 0 Å². The summed E-state index contributed by atoms with van der Waals surface area (Å²) >= 11 is 0. The van der Waals surface area contributed by atoms with Crippen LogP contribution >= 0.6 is 0 Å². The maximum absolute atomic E-state index is 10.2. The van der Waals surface area contributed by atoms with Crippen LogP contribution in [0.5, 0.6) is 0 Å². The van der Waals surface area contributed by atoms with Gasteiger partial charge in [0.25, 0.3) is 0 Å². The van der Waals surface area contributed by atoms with Crippen LogP contribution in [0.25, 0.3) is 0 Å². The van der Waals surface area contributed by atoms with Crippen LogP contribution in [0, 0.1) is 0 Å². The van der Waals surface area contributed by atoms with Gasteiger partial charge in [0.2, 0.25) is 0 Å². The second-order valence-electron chi connectivity index (χ2n) is 5.84. The van der Waals surface area contributed by atoms with E-state index in [9.17, 15) is 8.42 Å². The van der Waals surface area contributed by atoms with Crippen molar-refractivity contribution in [3.05, 3.63) is 30.3 Å². The number of anilines is 1. The van der Waals surface area contributed by atoms with Crippen LogP contribution in [-0.2, 0) is 14.6 Å². The van der Waals surface area contributed by atoms with Gasteiger partial charge in [-0.2, -0.15) is 8.42 Å². The zero-order chi connectivity index (χ0) is 18.1. The molecule has 1 rings (SSSR count). The fraction of sp³-hybridized carbons (Fsp3) is 0.667. The number of hydrogen-bond donors (Lipinski definition) is 2. The van der Waals surface area contributed by atoms with E-state index in [0.717, 1.165) is 18.5 Å². The molecule has 0 saturated heterocycles. The molecule has 1 aromatic carbocycles. The Bertz CT molecular complexity index is 477. The number of para-hydroxylation sites is 1. The highest BCUT2D eigenvalue weighted by atomic mass is 32.3. The van der Waals surface area contributed by atoms with Gasteiger partial charge in [-0.05, 0) is 18.6 Å². The molecule has 0 heterocycles. The molecule has 0 atom stereocenters. The molecule has 140 valence electrons. The minimum Gasteiger partial charge on any atom is -0.399 e. The Morgan fingerprint density at radius 2 is 1.33 bits per heavy atom. The largest absolute Gasteiger partial charge is 0.399 e. The molecule has 0 radical (unpaired) electrons. The van der Waals surface area contributed by atoms with Crippen molar-refractivity contribution in [3.8, 4) is 0 Å². The maximum Gasteiger partial charge on any atom is 0.397 e. The average Bonchev–Trinajstić information content (AvgIpc) is 2.53. The molecule has 0 fully saturated rings. The van der Waals surface area contributed by atoms with Crippen LogP contribution in [-0.4, -0.2) is 19.6 Å². The molecule has 1 aromatic rings. The number of rotatable bonds is 12. The second kappa shape index (κ2) is 15.4. The van der Waals surface area contributed by atoms with Crippen LogP contribution in [0.15, 0.2) is 30.3 Å². The molecule has 0 aromatic heterocycles. The summed E-state index contributed by atoms with van der Waals surface area (Å²) < 4.78 is 33.0. The highest BCUT2D eigenvalue weighted by Gasteiger charge is 2.02. The minimum atomic E-state index is -4.23. The van der Waals surface area contributed by atoms with Gasteiger partial charge in [-0.1, -0.05) is 82.9 Å². The first-order valence-electron chi connectivity index (χ1n) is 8.88. The van der Waals surface area contributed by atoms with Gasteiger partial charge in [0.1, 0.15) is 0 Å². The number of hydrogen-bond acceptors (Lipinski definition) is 4. The smallest absolute Gasteiger partial charge is 0.397 e. The number of nitrogen functional groups attached to an aromatic ring is 1. The standard InChI is InChI=1S/C12H26O4S.C6H7N/c1-2-3-4-5-6-7-8-9-10-11-12-16-17(13,14)15;7-6-4-2-1-3-5-6/h2-12H2,1H3,(H,13,14,15);1-5H,7H2. The van der Waals surface area contributed by atoms with Gasteiger partial charge in [-0.3, -0.25) is 4.55 Å². The summed E-state index contributed by atoms with van der Waals surface area (Å²) in [6.07, 6.45) is 11.9. The molecule has 0 aliphatic rings. The third-order valence-electron chi connectivity index (χ3n) is 3.53. The van der Waals surface area contributed by atoms with Crippen molar-refractivity contribution < 1.29 is 17.2 Å². The summed E-state index contributed by atoms with van der Waals surface area (Å²) in [6.45, 7) is 2.31. The fourth-order valence-corrected chi connectivity index (χ4v) is 2.54. The van der Waals surface area contributed by atoms with Crippen molar-refractivity contribution in [2.24, 2.45) is 0 Å². The molecule has 0 saturated carbocycles. The van der Waals surface area contributed by atoms with Crippen LogP contribution in [0.4, 0.5) is 5.69 Å². The number of unbranched alkanes of at least 4 members (excludes halogenated alkanes) is 9. The van der Waals surface area contributed by atoms with E-state index >= 15 is 0 Å². The third kappa shape index (κ3) is 18.9. The molecule has 24 heavy (non-hydrogen) atoms. The van der Waals surface area contributed by atoms with Gasteiger partial charge in [-0.15, -0.1) is 0 Å². The van der Waals surface area contributed by atoms with Crippen molar-refractivity contribution in [2.75, 3.05) is 12.3 Å². The lowest BCUT2D eigenvalue weighted by Gasteiger charge is -2.02. The monoisotopic (exact) mass is 359 g/mol. The summed E-state index contributed by atoms with van der Waals surface area (Å²) in [5.74, 6) is 0. The summed E-state index contributed by atoms with van der Waals surface area (Å²) in [7, 11) is -4.23. The molecule has 6 heteroatoms. The molecule has 0 bridgehead atoms. The summed E-state index contributed by atoms with van der Waals surface area (Å²) in [5, 5.41) is 0. The van der Waals surface area contributed by atoms with E-state index in [1.54, 1.807) is 0 Å². The van der Waals surface area contributed by atoms with E-state index in [4.69, 9.17) is 10.3 Å². The molecule has 0 unspecified atom stereocenters. The molecular weight excluding hydrogens is 326 g/mol. The van der Waals surface area contributed by atoms with E-state index < -0.39 is 10.4 Å². The van der Waals surface area contributed by atoms with Gasteiger partial charge in [0.05, 0.1) is 6.61 Å². The molecule has 3 N–H and O–H groups in total. The van der Waals surface area contributed by atoms with Crippen molar-refractivity contribution >= 4 is 16.1 Å². The van der Waals surface area contributed by atoms with Gasteiger partial charge >= 0.3 is 10.4 Å². The predicted octanol–water partition coefficient (Wildman–Crippen LogP) is 5.00. The maximum atomic E-state index is 10.2. The Morgan fingerprint density at radius 3 is 1.71 bits per heavy atom. The Hall–Kier alpha value is -1.11. The summed E-state index contributed by atoms with van der Waals surface area (Å²) in [5.41, 5.74) is 6.18. The predicted molar refractivity (Wildman–Crippen MR) is 100 cm³/mol. The van der Waals surface area contributed by atoms with Crippen molar-refractivity contribution in [1.29, 1.82) is 0 Å². The van der Waals surface area contributed by atoms with Gasteiger partial charge in [-0.25, -0.2) is 4.18 Å². The fourth-order valence-electron chi connectivity index (χ4n) is 2.21. The van der Waals surface area contributed by atoms with Crippen LogP contribution < -0.4 is 5.73 Å². The first-order chi connectivity index (χ1) is 11.5. The van der Waals surface area contributed by atoms with Crippen molar-refractivity contribution in [1.82, 2.24) is 0 Å². The Balaban J connectivity index is 0.000000620. The quantitative estimate of drug-likeness (QED) is 0.311. The van der Waals surface area contributed by atoms with Gasteiger partial charge < -0.3 is 5.73 Å². The molecule has 0 spiro atoms. The third-order valence-corrected chi connectivity index (χ3v) is 3.99. The van der Waals surface area contributed by atoms with Crippen LogP contribution in [0.1, 0.15) is 71.1 Å². The number of benzene rings is 1. The lowest BCUT2D eigenvalue weighted by Crippen LogP contribution is -2.04. The Kier molecular flexibility index (Phi) is 14.7. The summed E-state index contributed by atoms with van der Waals surface area (Å²) in [4.78, 5) is 0.